The zero-order chi connectivity index (χ0) is 17.4. The first-order chi connectivity index (χ1) is 11.3. The molecule has 0 bridgehead atoms. The molecule has 1 aliphatic carbocycles. The van der Waals surface area contributed by atoms with Crippen molar-refractivity contribution in [3.63, 3.8) is 0 Å². The van der Waals surface area contributed by atoms with E-state index in [1.165, 1.54) is 18.2 Å². The number of nitrogens with two attached hydrogens (primary N) is 1. The van der Waals surface area contributed by atoms with Crippen LogP contribution in [0.2, 0.25) is 0 Å². The average molecular weight is 366 g/mol. The Balaban J connectivity index is 1.93. The first kappa shape index (κ1) is 17.1. The third kappa shape index (κ3) is 3.84. The van der Waals surface area contributed by atoms with Gasteiger partial charge >= 0.3 is 0 Å². The van der Waals surface area contributed by atoms with Crippen LogP contribution < -0.4 is 9.86 Å². The molecule has 6 nitrogen and oxygen atoms in total. The van der Waals surface area contributed by atoms with Crippen LogP contribution in [-0.2, 0) is 20.0 Å². The average Bonchev–Trinajstić information content (AvgIpc) is 3.38. The zero-order valence-corrected chi connectivity index (χ0v) is 14.4. The molecule has 0 aliphatic heterocycles. The molecule has 24 heavy (non-hydrogen) atoms. The zero-order valence-electron chi connectivity index (χ0n) is 12.8. The maximum atomic E-state index is 12.7. The van der Waals surface area contributed by atoms with Crippen LogP contribution in [-0.4, -0.2) is 16.8 Å². The van der Waals surface area contributed by atoms with E-state index >= 15 is 0 Å². The number of primary sulfonamides is 1. The van der Waals surface area contributed by atoms with Gasteiger partial charge in [0.25, 0.3) is 0 Å². The molecule has 0 amide bonds. The highest BCUT2D eigenvalue weighted by Crippen LogP contribution is 2.41. The van der Waals surface area contributed by atoms with Gasteiger partial charge in [0.2, 0.25) is 20.0 Å². The van der Waals surface area contributed by atoms with Gasteiger partial charge in [-0.05, 0) is 42.5 Å². The van der Waals surface area contributed by atoms with E-state index in [1.807, 2.05) is 30.3 Å². The molecule has 0 aromatic heterocycles. The molecule has 1 atom stereocenters. The third-order valence-corrected chi connectivity index (χ3v) is 6.33. The molecule has 1 saturated carbocycles. The Labute approximate surface area is 141 Å². The van der Waals surface area contributed by atoms with Crippen molar-refractivity contribution >= 4 is 20.0 Å². The van der Waals surface area contributed by atoms with Crippen LogP contribution >= 0.6 is 0 Å². The molecule has 0 radical (unpaired) electrons. The Morgan fingerprint density at radius 2 is 1.54 bits per heavy atom. The van der Waals surface area contributed by atoms with Gasteiger partial charge in [-0.25, -0.2) is 26.7 Å². The predicted molar refractivity (Wildman–Crippen MR) is 90.0 cm³/mol. The minimum absolute atomic E-state index is 0.115. The van der Waals surface area contributed by atoms with Crippen molar-refractivity contribution in [2.45, 2.75) is 28.7 Å². The van der Waals surface area contributed by atoms with E-state index in [-0.39, 0.29) is 21.8 Å². The summed E-state index contributed by atoms with van der Waals surface area (Å²) >= 11 is 0. The molecule has 0 saturated heterocycles. The lowest BCUT2D eigenvalue weighted by molar-refractivity contribution is 0.529. The van der Waals surface area contributed by atoms with Gasteiger partial charge in [0.15, 0.2) is 0 Å². The van der Waals surface area contributed by atoms with E-state index in [0.717, 1.165) is 24.5 Å². The van der Waals surface area contributed by atoms with Crippen molar-refractivity contribution in [3.8, 4) is 0 Å². The van der Waals surface area contributed by atoms with Crippen molar-refractivity contribution in [2.24, 2.45) is 11.1 Å². The molecule has 8 heteroatoms. The lowest BCUT2D eigenvalue weighted by Gasteiger charge is -2.19. The van der Waals surface area contributed by atoms with Gasteiger partial charge < -0.3 is 0 Å². The van der Waals surface area contributed by atoms with Gasteiger partial charge in [-0.2, -0.15) is 0 Å². The van der Waals surface area contributed by atoms with Gasteiger partial charge in [-0.1, -0.05) is 36.4 Å². The van der Waals surface area contributed by atoms with Gasteiger partial charge in [-0.15, -0.1) is 0 Å². The second-order valence-corrected chi connectivity index (χ2v) is 9.14. The van der Waals surface area contributed by atoms with E-state index in [0.29, 0.717) is 0 Å². The lowest BCUT2D eigenvalue weighted by atomic mass is 10.0. The summed E-state index contributed by atoms with van der Waals surface area (Å²) in [5, 5.41) is 5.08. The number of nitrogens with one attached hydrogen (secondary N) is 1. The number of hydrogen-bond donors (Lipinski definition) is 2. The normalized spacial score (nSPS) is 16.7. The van der Waals surface area contributed by atoms with Crippen LogP contribution in [0.25, 0.3) is 0 Å². The maximum Gasteiger partial charge on any atom is 0.241 e. The topological polar surface area (TPSA) is 106 Å². The second-order valence-electron chi connectivity index (χ2n) is 5.87. The van der Waals surface area contributed by atoms with Gasteiger partial charge in [0.1, 0.15) is 0 Å². The number of sulfonamides is 2. The van der Waals surface area contributed by atoms with E-state index in [4.69, 9.17) is 5.14 Å². The predicted octanol–water partition coefficient (Wildman–Crippen LogP) is 1.76. The molecule has 1 aliphatic rings. The Kier molecular flexibility index (Phi) is 4.48. The first-order valence-corrected chi connectivity index (χ1v) is 10.5. The van der Waals surface area contributed by atoms with E-state index in [2.05, 4.69) is 4.72 Å². The number of rotatable bonds is 6. The molecule has 1 unspecified atom stereocenters. The third-order valence-electron chi connectivity index (χ3n) is 3.98. The standard InChI is InChI=1S/C16H18N2O4S2/c17-23(19,20)14-7-4-8-15(11-14)24(21,22)18-16(13-9-10-13)12-5-2-1-3-6-12/h1-8,11,13,16,18H,9-10H2,(H2,17,19,20). The van der Waals surface area contributed by atoms with Gasteiger partial charge in [-0.3, -0.25) is 0 Å². The lowest BCUT2D eigenvalue weighted by Crippen LogP contribution is -2.30. The molecule has 128 valence electrons. The fourth-order valence-electron chi connectivity index (χ4n) is 2.58. The highest BCUT2D eigenvalue weighted by atomic mass is 32.2. The van der Waals surface area contributed by atoms with Crippen LogP contribution in [0.5, 0.6) is 0 Å². The molecule has 0 spiro atoms. The van der Waals surface area contributed by atoms with Crippen molar-refractivity contribution < 1.29 is 16.8 Å². The molecule has 3 rings (SSSR count). The van der Waals surface area contributed by atoms with Crippen molar-refractivity contribution in [3.05, 3.63) is 60.2 Å². The highest BCUT2D eigenvalue weighted by molar-refractivity contribution is 7.90. The Morgan fingerprint density at radius 3 is 2.12 bits per heavy atom. The summed E-state index contributed by atoms with van der Waals surface area (Å²) in [6.07, 6.45) is 1.92. The van der Waals surface area contributed by atoms with Gasteiger partial charge in [0, 0.05) is 6.04 Å². The monoisotopic (exact) mass is 366 g/mol. The number of benzene rings is 2. The molecule has 2 aromatic rings. The Hall–Kier alpha value is -1.74. The fourth-order valence-corrected chi connectivity index (χ4v) is 4.55. The quantitative estimate of drug-likeness (QED) is 0.812. The van der Waals surface area contributed by atoms with Crippen LogP contribution in [0.4, 0.5) is 0 Å². The van der Waals surface area contributed by atoms with Crippen LogP contribution in [0.1, 0.15) is 24.4 Å². The number of hydrogen-bond acceptors (Lipinski definition) is 4. The Bertz CT molecular complexity index is 937. The molecule has 2 aromatic carbocycles. The minimum Gasteiger partial charge on any atom is -0.225 e. The minimum atomic E-state index is -3.96. The molecular formula is C16H18N2O4S2. The molecule has 1 fully saturated rings. The Morgan fingerprint density at radius 1 is 0.917 bits per heavy atom. The van der Waals surface area contributed by atoms with Crippen LogP contribution in [0, 0.1) is 5.92 Å². The van der Waals surface area contributed by atoms with E-state index in [1.54, 1.807) is 0 Å². The summed E-state index contributed by atoms with van der Waals surface area (Å²) in [7, 11) is -7.83. The summed E-state index contributed by atoms with van der Waals surface area (Å²) < 4.78 is 50.9. The van der Waals surface area contributed by atoms with Crippen LogP contribution in [0.3, 0.4) is 0 Å². The molecule has 0 heterocycles. The van der Waals surface area contributed by atoms with Crippen LogP contribution in [0.15, 0.2) is 64.4 Å². The summed E-state index contributed by atoms with van der Waals surface area (Å²) in [6.45, 7) is 0. The molecule has 3 N–H and O–H groups in total. The summed E-state index contributed by atoms with van der Waals surface area (Å²) in [4.78, 5) is -0.344. The molecular weight excluding hydrogens is 348 g/mol. The highest BCUT2D eigenvalue weighted by Gasteiger charge is 2.35. The fraction of sp³-hybridized carbons (Fsp3) is 0.250. The smallest absolute Gasteiger partial charge is 0.225 e. The summed E-state index contributed by atoms with van der Waals surface area (Å²) in [5.74, 6) is 0.253. The van der Waals surface area contributed by atoms with Crippen molar-refractivity contribution in [1.29, 1.82) is 0 Å². The van der Waals surface area contributed by atoms with Crippen molar-refractivity contribution in [1.82, 2.24) is 4.72 Å². The van der Waals surface area contributed by atoms with E-state index < -0.39 is 20.0 Å². The van der Waals surface area contributed by atoms with E-state index in [9.17, 15) is 16.8 Å². The largest absolute Gasteiger partial charge is 0.241 e. The summed E-state index contributed by atoms with van der Waals surface area (Å²) in [5.41, 5.74) is 0.895. The first-order valence-electron chi connectivity index (χ1n) is 7.47. The maximum absolute atomic E-state index is 12.7. The van der Waals surface area contributed by atoms with Crippen molar-refractivity contribution in [2.75, 3.05) is 0 Å². The summed E-state index contributed by atoms with van der Waals surface area (Å²) in [6, 6.07) is 14.1. The second kappa shape index (κ2) is 6.29. The SMILES string of the molecule is NS(=O)(=O)c1cccc(S(=O)(=O)NC(c2ccccc2)C2CC2)c1. The van der Waals surface area contributed by atoms with Gasteiger partial charge in [0.05, 0.1) is 9.79 Å².